The number of nitrogens with one attached hydrogen (secondary N) is 1. The largest absolute Gasteiger partial charge is 0.484 e. The molecule has 25 heavy (non-hydrogen) atoms. The number of anilines is 2. The number of carbonyl (C=O) groups is 2. The van der Waals surface area contributed by atoms with E-state index in [9.17, 15) is 9.59 Å². The summed E-state index contributed by atoms with van der Waals surface area (Å²) in [6.45, 7) is 0.473. The summed E-state index contributed by atoms with van der Waals surface area (Å²) in [7, 11) is 0. The lowest BCUT2D eigenvalue weighted by atomic mass is 10.2. The lowest BCUT2D eigenvalue weighted by Gasteiger charge is -2.20. The molecule has 2 aromatic carbocycles. The van der Waals surface area contributed by atoms with E-state index in [0.29, 0.717) is 35.7 Å². The van der Waals surface area contributed by atoms with Gasteiger partial charge in [-0.2, -0.15) is 5.26 Å². The molecule has 126 valence electrons. The van der Waals surface area contributed by atoms with Crippen LogP contribution in [0, 0.1) is 11.3 Å². The third-order valence-electron chi connectivity index (χ3n) is 3.88. The first-order valence-corrected chi connectivity index (χ1v) is 7.99. The smallest absolute Gasteiger partial charge is 0.262 e. The standard InChI is InChI=1S/C19H17N3O3/c20-12-14-5-3-6-15(11-14)25-13-18(23)21-16-7-1-2-8-17(16)22-10-4-9-19(22)24/h1-3,5-8,11H,4,9-10,13H2,(H,21,23). The van der Waals surface area contributed by atoms with Gasteiger partial charge in [-0.3, -0.25) is 9.59 Å². The topological polar surface area (TPSA) is 82.4 Å². The maximum absolute atomic E-state index is 12.2. The van der Waals surface area contributed by atoms with Crippen LogP contribution in [0.4, 0.5) is 11.4 Å². The zero-order chi connectivity index (χ0) is 17.6. The SMILES string of the molecule is N#Cc1cccc(OCC(=O)Nc2ccccc2N2CCCC2=O)c1. The zero-order valence-corrected chi connectivity index (χ0v) is 13.6. The fourth-order valence-corrected chi connectivity index (χ4v) is 2.71. The molecule has 0 spiro atoms. The van der Waals surface area contributed by atoms with Crippen molar-refractivity contribution in [3.63, 3.8) is 0 Å². The van der Waals surface area contributed by atoms with E-state index >= 15 is 0 Å². The summed E-state index contributed by atoms with van der Waals surface area (Å²) >= 11 is 0. The van der Waals surface area contributed by atoms with Crippen LogP contribution in [0.3, 0.4) is 0 Å². The average Bonchev–Trinajstić information content (AvgIpc) is 3.06. The molecule has 0 saturated carbocycles. The van der Waals surface area contributed by atoms with Crippen LogP contribution in [0.5, 0.6) is 5.75 Å². The Kier molecular flexibility index (Phi) is 4.95. The van der Waals surface area contributed by atoms with Gasteiger partial charge in [0.05, 0.1) is 23.0 Å². The monoisotopic (exact) mass is 335 g/mol. The second kappa shape index (κ2) is 7.49. The molecule has 0 bridgehead atoms. The minimum Gasteiger partial charge on any atom is -0.484 e. The first-order chi connectivity index (χ1) is 12.2. The van der Waals surface area contributed by atoms with Crippen LogP contribution in [0.25, 0.3) is 0 Å². The van der Waals surface area contributed by atoms with Gasteiger partial charge >= 0.3 is 0 Å². The van der Waals surface area contributed by atoms with E-state index in [4.69, 9.17) is 10.00 Å². The fraction of sp³-hybridized carbons (Fsp3) is 0.211. The van der Waals surface area contributed by atoms with Crippen LogP contribution >= 0.6 is 0 Å². The normalized spacial score (nSPS) is 13.4. The van der Waals surface area contributed by atoms with Gasteiger partial charge in [-0.1, -0.05) is 18.2 Å². The van der Waals surface area contributed by atoms with E-state index in [1.807, 2.05) is 18.2 Å². The Morgan fingerprint density at radius 3 is 2.84 bits per heavy atom. The number of nitrogens with zero attached hydrogens (tertiary/aromatic N) is 2. The van der Waals surface area contributed by atoms with Crippen LogP contribution < -0.4 is 15.0 Å². The van der Waals surface area contributed by atoms with Crippen molar-refractivity contribution < 1.29 is 14.3 Å². The van der Waals surface area contributed by atoms with E-state index in [1.54, 1.807) is 41.3 Å². The van der Waals surface area contributed by atoms with E-state index in [1.165, 1.54) is 0 Å². The van der Waals surface area contributed by atoms with Crippen LogP contribution in [0.2, 0.25) is 0 Å². The third-order valence-corrected chi connectivity index (χ3v) is 3.88. The number of rotatable bonds is 5. The second-order valence-electron chi connectivity index (χ2n) is 5.64. The highest BCUT2D eigenvalue weighted by Gasteiger charge is 2.24. The molecule has 6 heteroatoms. The molecule has 0 unspecified atom stereocenters. The van der Waals surface area contributed by atoms with Crippen LogP contribution in [-0.4, -0.2) is 25.0 Å². The van der Waals surface area contributed by atoms with Gasteiger partial charge in [0.25, 0.3) is 5.91 Å². The van der Waals surface area contributed by atoms with Gasteiger partial charge in [-0.15, -0.1) is 0 Å². The highest BCUT2D eigenvalue weighted by atomic mass is 16.5. The zero-order valence-electron chi connectivity index (χ0n) is 13.6. The summed E-state index contributed by atoms with van der Waals surface area (Å²) in [5.41, 5.74) is 1.75. The fourth-order valence-electron chi connectivity index (χ4n) is 2.71. The molecule has 1 fully saturated rings. The minimum atomic E-state index is -0.332. The lowest BCUT2D eigenvalue weighted by molar-refractivity contribution is -0.118. The average molecular weight is 335 g/mol. The number of carbonyl (C=O) groups excluding carboxylic acids is 2. The third kappa shape index (κ3) is 3.96. The number of nitriles is 1. The summed E-state index contributed by atoms with van der Waals surface area (Å²) in [6, 6.07) is 15.8. The van der Waals surface area contributed by atoms with E-state index < -0.39 is 0 Å². The Balaban J connectivity index is 1.65. The molecule has 1 N–H and O–H groups in total. The van der Waals surface area contributed by atoms with Gasteiger partial charge in [0.2, 0.25) is 5.91 Å². The van der Waals surface area contributed by atoms with Gasteiger partial charge in [-0.25, -0.2) is 0 Å². The van der Waals surface area contributed by atoms with Crippen molar-refractivity contribution in [2.75, 3.05) is 23.4 Å². The minimum absolute atomic E-state index is 0.0614. The second-order valence-corrected chi connectivity index (χ2v) is 5.64. The molecule has 1 saturated heterocycles. The Bertz CT molecular complexity index is 842. The van der Waals surface area contributed by atoms with Crippen LogP contribution in [-0.2, 0) is 9.59 Å². The number of hydrogen-bond donors (Lipinski definition) is 1. The number of hydrogen-bond acceptors (Lipinski definition) is 4. The van der Waals surface area contributed by atoms with Gasteiger partial charge in [-0.05, 0) is 36.8 Å². The van der Waals surface area contributed by atoms with Crippen molar-refractivity contribution in [1.29, 1.82) is 5.26 Å². The molecule has 0 aliphatic carbocycles. The molecular weight excluding hydrogens is 318 g/mol. The highest BCUT2D eigenvalue weighted by Crippen LogP contribution is 2.29. The van der Waals surface area contributed by atoms with Crippen LogP contribution in [0.15, 0.2) is 48.5 Å². The maximum atomic E-state index is 12.2. The summed E-state index contributed by atoms with van der Waals surface area (Å²) in [6.07, 6.45) is 1.35. The molecule has 0 aromatic heterocycles. The first-order valence-electron chi connectivity index (χ1n) is 7.99. The van der Waals surface area contributed by atoms with Crippen molar-refractivity contribution in [2.45, 2.75) is 12.8 Å². The van der Waals surface area contributed by atoms with Gasteiger partial charge < -0.3 is 15.0 Å². The quantitative estimate of drug-likeness (QED) is 0.911. The number of benzene rings is 2. The van der Waals surface area contributed by atoms with Crippen molar-refractivity contribution in [2.24, 2.45) is 0 Å². The van der Waals surface area contributed by atoms with Crippen molar-refractivity contribution in [3.05, 3.63) is 54.1 Å². The number of ether oxygens (including phenoxy) is 1. The molecule has 0 atom stereocenters. The molecule has 3 rings (SSSR count). The Morgan fingerprint density at radius 1 is 1.24 bits per heavy atom. The van der Waals surface area contributed by atoms with Crippen LogP contribution in [0.1, 0.15) is 18.4 Å². The van der Waals surface area contributed by atoms with Gasteiger partial charge in [0.15, 0.2) is 6.61 Å². The summed E-state index contributed by atoms with van der Waals surface area (Å²) in [4.78, 5) is 25.8. The maximum Gasteiger partial charge on any atom is 0.262 e. The molecule has 1 aliphatic rings. The predicted molar refractivity (Wildman–Crippen MR) is 93.3 cm³/mol. The highest BCUT2D eigenvalue weighted by molar-refractivity contribution is 6.02. The summed E-state index contributed by atoms with van der Waals surface area (Å²) < 4.78 is 5.43. The summed E-state index contributed by atoms with van der Waals surface area (Å²) in [5, 5.41) is 11.7. The Hall–Kier alpha value is -3.33. The summed E-state index contributed by atoms with van der Waals surface area (Å²) in [5.74, 6) is 0.185. The Morgan fingerprint density at radius 2 is 2.08 bits per heavy atom. The van der Waals surface area contributed by atoms with Crippen molar-refractivity contribution in [1.82, 2.24) is 0 Å². The molecule has 1 heterocycles. The van der Waals surface area contributed by atoms with Crippen molar-refractivity contribution in [3.8, 4) is 11.8 Å². The van der Waals surface area contributed by atoms with Crippen molar-refractivity contribution >= 4 is 23.2 Å². The van der Waals surface area contributed by atoms with E-state index in [-0.39, 0.29) is 18.4 Å². The van der Waals surface area contributed by atoms with E-state index in [2.05, 4.69) is 5.32 Å². The first kappa shape index (κ1) is 16.5. The molecule has 2 aromatic rings. The molecule has 6 nitrogen and oxygen atoms in total. The molecule has 0 radical (unpaired) electrons. The molecule has 2 amide bonds. The molecule has 1 aliphatic heterocycles. The molecular formula is C19H17N3O3. The van der Waals surface area contributed by atoms with E-state index in [0.717, 1.165) is 6.42 Å². The van der Waals surface area contributed by atoms with Gasteiger partial charge in [0, 0.05) is 13.0 Å². The number of para-hydroxylation sites is 2. The number of amides is 2. The predicted octanol–water partition coefficient (Wildman–Crippen LogP) is 2.70. The lowest BCUT2D eigenvalue weighted by Crippen LogP contribution is -2.26. The Labute approximate surface area is 145 Å². The van der Waals surface area contributed by atoms with Gasteiger partial charge in [0.1, 0.15) is 5.75 Å².